The van der Waals surface area contributed by atoms with E-state index in [4.69, 9.17) is 0 Å². The van der Waals surface area contributed by atoms with Crippen LogP contribution in [0.2, 0.25) is 0 Å². The quantitative estimate of drug-likeness (QED) is 0.494. The van der Waals surface area contributed by atoms with Gasteiger partial charge in [-0.3, -0.25) is 0 Å². The van der Waals surface area contributed by atoms with Gasteiger partial charge in [-0.15, -0.1) is 0 Å². The van der Waals surface area contributed by atoms with Crippen LogP contribution in [-0.2, 0) is 6.54 Å². The summed E-state index contributed by atoms with van der Waals surface area (Å²) in [6.07, 6.45) is 1.67. The van der Waals surface area contributed by atoms with Crippen LogP contribution < -0.4 is 5.32 Å². The van der Waals surface area contributed by atoms with Crippen molar-refractivity contribution in [2.24, 2.45) is 0 Å². The summed E-state index contributed by atoms with van der Waals surface area (Å²) in [5.41, 5.74) is 1.52. The largest absolute Gasteiger partial charge is 0.392 e. The third kappa shape index (κ3) is 4.29. The number of aryl methyl sites for hydroxylation is 1. The lowest BCUT2D eigenvalue weighted by atomic mass is 10.1. The van der Waals surface area contributed by atoms with Gasteiger partial charge in [0.2, 0.25) is 0 Å². The SMILES string of the molecule is C=C(CNC(C)(C)C)Cn1cc(C)c([N+](=O)[O-])n1. The van der Waals surface area contributed by atoms with Crippen LogP contribution in [0.3, 0.4) is 0 Å². The summed E-state index contributed by atoms with van der Waals surface area (Å²) in [4.78, 5) is 10.2. The van der Waals surface area contributed by atoms with Crippen molar-refractivity contribution < 1.29 is 4.92 Å². The number of aromatic nitrogens is 2. The van der Waals surface area contributed by atoms with Crippen LogP contribution in [0.25, 0.3) is 0 Å². The van der Waals surface area contributed by atoms with Crippen LogP contribution >= 0.6 is 0 Å². The van der Waals surface area contributed by atoms with Crippen LogP contribution in [0.1, 0.15) is 26.3 Å². The molecule has 0 aliphatic rings. The summed E-state index contributed by atoms with van der Waals surface area (Å²) in [5, 5.41) is 17.9. The lowest BCUT2D eigenvalue weighted by Gasteiger charge is -2.21. The molecule has 0 saturated carbocycles. The Balaban J connectivity index is 2.60. The zero-order valence-electron chi connectivity index (χ0n) is 11.4. The molecule has 6 heteroatoms. The normalized spacial score (nSPS) is 11.6. The van der Waals surface area contributed by atoms with Crippen molar-refractivity contribution in [1.29, 1.82) is 0 Å². The van der Waals surface area contributed by atoms with Gasteiger partial charge in [0.25, 0.3) is 0 Å². The maximum absolute atomic E-state index is 10.7. The number of hydrogen-bond acceptors (Lipinski definition) is 4. The van der Waals surface area contributed by atoms with E-state index in [2.05, 4.69) is 37.8 Å². The van der Waals surface area contributed by atoms with Gasteiger partial charge in [-0.1, -0.05) is 6.58 Å². The van der Waals surface area contributed by atoms with E-state index in [9.17, 15) is 10.1 Å². The lowest BCUT2D eigenvalue weighted by molar-refractivity contribution is -0.390. The van der Waals surface area contributed by atoms with Gasteiger partial charge in [0.05, 0.1) is 23.4 Å². The van der Waals surface area contributed by atoms with Crippen molar-refractivity contribution in [2.45, 2.75) is 39.8 Å². The Morgan fingerprint density at radius 1 is 1.61 bits per heavy atom. The minimum absolute atomic E-state index is 0.0228. The molecule has 1 N–H and O–H groups in total. The standard InChI is InChI=1S/C12H20N4O2/c1-9(6-13-12(3,4)5)7-15-8-10(2)11(14-15)16(17)18/h8,13H,1,6-7H2,2-5H3. The zero-order valence-corrected chi connectivity index (χ0v) is 11.4. The Bertz CT molecular complexity index is 457. The molecule has 0 atom stereocenters. The second kappa shape index (κ2) is 5.30. The van der Waals surface area contributed by atoms with Crippen molar-refractivity contribution in [3.05, 3.63) is 34.0 Å². The number of rotatable bonds is 5. The molecule has 0 aliphatic heterocycles. The molecule has 0 aliphatic carbocycles. The van der Waals surface area contributed by atoms with E-state index in [1.807, 2.05) is 0 Å². The molecule has 0 amide bonds. The molecule has 0 spiro atoms. The number of nitro groups is 1. The summed E-state index contributed by atoms with van der Waals surface area (Å²) in [6, 6.07) is 0. The Morgan fingerprint density at radius 2 is 2.22 bits per heavy atom. The van der Waals surface area contributed by atoms with Gasteiger partial charge in [-0.2, -0.15) is 4.68 Å². The average Bonchev–Trinajstić information content (AvgIpc) is 2.55. The van der Waals surface area contributed by atoms with Crippen LogP contribution in [0.5, 0.6) is 0 Å². The highest BCUT2D eigenvalue weighted by Crippen LogP contribution is 2.14. The predicted molar refractivity (Wildman–Crippen MR) is 70.5 cm³/mol. The van der Waals surface area contributed by atoms with E-state index >= 15 is 0 Å². The van der Waals surface area contributed by atoms with E-state index < -0.39 is 4.92 Å². The smallest absolute Gasteiger partial charge is 0.358 e. The molecule has 1 aromatic rings. The molecule has 0 unspecified atom stereocenters. The Kier molecular flexibility index (Phi) is 4.24. The third-order valence-electron chi connectivity index (χ3n) is 2.35. The molecule has 0 aromatic carbocycles. The van der Waals surface area contributed by atoms with Gasteiger partial charge in [0.15, 0.2) is 0 Å². The molecular formula is C12H20N4O2. The molecule has 0 saturated heterocycles. The Hall–Kier alpha value is -1.69. The molecule has 1 heterocycles. The molecule has 1 rings (SSSR count). The first-order valence-corrected chi connectivity index (χ1v) is 5.79. The molecular weight excluding hydrogens is 232 g/mol. The van der Waals surface area contributed by atoms with E-state index in [0.717, 1.165) is 5.57 Å². The summed E-state index contributed by atoms with van der Waals surface area (Å²) in [7, 11) is 0. The first-order valence-electron chi connectivity index (χ1n) is 5.79. The molecule has 0 radical (unpaired) electrons. The van der Waals surface area contributed by atoms with Gasteiger partial charge >= 0.3 is 5.82 Å². The fourth-order valence-electron chi connectivity index (χ4n) is 1.45. The minimum Gasteiger partial charge on any atom is -0.358 e. The van der Waals surface area contributed by atoms with E-state index in [-0.39, 0.29) is 11.4 Å². The number of nitrogens with one attached hydrogen (secondary N) is 1. The van der Waals surface area contributed by atoms with Gasteiger partial charge in [-0.25, -0.2) is 0 Å². The van der Waals surface area contributed by atoms with Crippen molar-refractivity contribution in [2.75, 3.05) is 6.54 Å². The summed E-state index contributed by atoms with van der Waals surface area (Å²) < 4.78 is 1.56. The monoisotopic (exact) mass is 252 g/mol. The Morgan fingerprint density at radius 3 is 2.67 bits per heavy atom. The van der Waals surface area contributed by atoms with E-state index in [1.54, 1.807) is 17.8 Å². The third-order valence-corrected chi connectivity index (χ3v) is 2.35. The van der Waals surface area contributed by atoms with Crippen molar-refractivity contribution in [1.82, 2.24) is 15.1 Å². The molecule has 100 valence electrons. The maximum atomic E-state index is 10.7. The van der Waals surface area contributed by atoms with Gasteiger partial charge in [0.1, 0.15) is 0 Å². The maximum Gasteiger partial charge on any atom is 0.392 e. The molecule has 0 bridgehead atoms. The first kappa shape index (κ1) is 14.4. The van der Waals surface area contributed by atoms with E-state index in [0.29, 0.717) is 18.7 Å². The highest BCUT2D eigenvalue weighted by Gasteiger charge is 2.17. The predicted octanol–water partition coefficient (Wildman–Crippen LogP) is 2.04. The molecule has 18 heavy (non-hydrogen) atoms. The summed E-state index contributed by atoms with van der Waals surface area (Å²) in [6.45, 7) is 13.0. The van der Waals surface area contributed by atoms with E-state index in [1.165, 1.54) is 0 Å². The number of hydrogen-bond donors (Lipinski definition) is 1. The molecule has 1 aromatic heterocycles. The van der Waals surface area contributed by atoms with Crippen LogP contribution in [0.4, 0.5) is 5.82 Å². The van der Waals surface area contributed by atoms with Gasteiger partial charge in [-0.05, 0) is 38.2 Å². The molecule has 0 fully saturated rings. The lowest BCUT2D eigenvalue weighted by Crippen LogP contribution is -2.37. The summed E-state index contributed by atoms with van der Waals surface area (Å²) >= 11 is 0. The summed E-state index contributed by atoms with van der Waals surface area (Å²) in [5.74, 6) is -0.0911. The average molecular weight is 252 g/mol. The highest BCUT2D eigenvalue weighted by atomic mass is 16.6. The Labute approximate surface area is 107 Å². The van der Waals surface area contributed by atoms with Gasteiger partial charge in [0, 0.05) is 12.1 Å². The topological polar surface area (TPSA) is 73.0 Å². The molecule has 6 nitrogen and oxygen atoms in total. The van der Waals surface area contributed by atoms with Crippen LogP contribution in [-0.4, -0.2) is 26.8 Å². The second-order valence-corrected chi connectivity index (χ2v) is 5.44. The van der Waals surface area contributed by atoms with Crippen molar-refractivity contribution in [3.8, 4) is 0 Å². The van der Waals surface area contributed by atoms with Crippen LogP contribution in [0.15, 0.2) is 18.3 Å². The highest BCUT2D eigenvalue weighted by molar-refractivity contribution is 5.28. The zero-order chi connectivity index (χ0) is 13.9. The fourth-order valence-corrected chi connectivity index (χ4v) is 1.45. The van der Waals surface area contributed by atoms with Crippen LogP contribution in [0, 0.1) is 17.0 Å². The first-order chi connectivity index (χ1) is 8.19. The van der Waals surface area contributed by atoms with Crippen molar-refractivity contribution in [3.63, 3.8) is 0 Å². The number of nitrogens with zero attached hydrogens (tertiary/aromatic N) is 3. The fraction of sp³-hybridized carbons (Fsp3) is 0.583. The second-order valence-electron chi connectivity index (χ2n) is 5.44. The minimum atomic E-state index is -0.470. The van der Waals surface area contributed by atoms with Crippen molar-refractivity contribution >= 4 is 5.82 Å². The van der Waals surface area contributed by atoms with Gasteiger partial charge < -0.3 is 15.4 Å².